The zero-order valence-electron chi connectivity index (χ0n) is 13.4. The highest BCUT2D eigenvalue weighted by atomic mass is 32.1. The monoisotopic (exact) mass is 295 g/mol. The van der Waals surface area contributed by atoms with Crippen LogP contribution in [0.15, 0.2) is 0 Å². The molecule has 0 radical (unpaired) electrons. The fourth-order valence-corrected chi connectivity index (χ4v) is 3.70. The first-order valence-corrected chi connectivity index (χ1v) is 8.95. The van der Waals surface area contributed by atoms with Crippen LogP contribution in [0.5, 0.6) is 0 Å². The summed E-state index contributed by atoms with van der Waals surface area (Å²) in [6.07, 6.45) is 7.35. The lowest BCUT2D eigenvalue weighted by Gasteiger charge is -2.25. The molecule has 1 aliphatic rings. The van der Waals surface area contributed by atoms with E-state index in [0.29, 0.717) is 6.04 Å². The SMILES string of the molecule is CCCc1nc(N(C)C(CC)CC)sc1CNC1CC1. The lowest BCUT2D eigenvalue weighted by atomic mass is 10.1. The van der Waals surface area contributed by atoms with Gasteiger partial charge in [0.05, 0.1) is 5.69 Å². The van der Waals surface area contributed by atoms with Crippen molar-refractivity contribution in [3.8, 4) is 0 Å². The van der Waals surface area contributed by atoms with Gasteiger partial charge in [0.25, 0.3) is 0 Å². The van der Waals surface area contributed by atoms with Crippen LogP contribution in [0.2, 0.25) is 0 Å². The first-order chi connectivity index (χ1) is 9.69. The van der Waals surface area contributed by atoms with Crippen molar-refractivity contribution >= 4 is 16.5 Å². The van der Waals surface area contributed by atoms with Crippen molar-refractivity contribution in [3.05, 3.63) is 10.6 Å². The number of anilines is 1. The molecular weight excluding hydrogens is 266 g/mol. The molecule has 0 atom stereocenters. The maximum atomic E-state index is 4.92. The van der Waals surface area contributed by atoms with Crippen LogP contribution in [0.1, 0.15) is 63.4 Å². The van der Waals surface area contributed by atoms with E-state index in [1.807, 2.05) is 11.3 Å². The van der Waals surface area contributed by atoms with Crippen molar-refractivity contribution in [2.24, 2.45) is 0 Å². The summed E-state index contributed by atoms with van der Waals surface area (Å²) in [5, 5.41) is 4.84. The number of hydrogen-bond donors (Lipinski definition) is 1. The van der Waals surface area contributed by atoms with Crippen LogP contribution < -0.4 is 10.2 Å². The van der Waals surface area contributed by atoms with Gasteiger partial charge in [0.2, 0.25) is 0 Å². The van der Waals surface area contributed by atoms with Crippen LogP contribution in [-0.2, 0) is 13.0 Å². The molecule has 1 aromatic heterocycles. The van der Waals surface area contributed by atoms with Crippen LogP contribution in [0.25, 0.3) is 0 Å². The van der Waals surface area contributed by atoms with Gasteiger partial charge in [0.1, 0.15) is 0 Å². The minimum Gasteiger partial charge on any atom is -0.348 e. The molecule has 20 heavy (non-hydrogen) atoms. The summed E-state index contributed by atoms with van der Waals surface area (Å²) in [6, 6.07) is 1.38. The Labute approximate surface area is 127 Å². The van der Waals surface area contributed by atoms with E-state index in [1.165, 1.54) is 47.8 Å². The number of hydrogen-bond acceptors (Lipinski definition) is 4. The van der Waals surface area contributed by atoms with E-state index in [2.05, 4.69) is 38.0 Å². The van der Waals surface area contributed by atoms with E-state index in [9.17, 15) is 0 Å². The fourth-order valence-electron chi connectivity index (χ4n) is 2.61. The Morgan fingerprint density at radius 2 is 2.00 bits per heavy atom. The molecule has 114 valence electrons. The van der Waals surface area contributed by atoms with Crippen LogP contribution in [0.4, 0.5) is 5.13 Å². The molecule has 1 N–H and O–H groups in total. The molecule has 1 saturated carbocycles. The van der Waals surface area contributed by atoms with Gasteiger partial charge in [-0.3, -0.25) is 0 Å². The van der Waals surface area contributed by atoms with Gasteiger partial charge < -0.3 is 10.2 Å². The Morgan fingerprint density at radius 3 is 2.55 bits per heavy atom. The van der Waals surface area contributed by atoms with Crippen LogP contribution in [0.3, 0.4) is 0 Å². The average molecular weight is 295 g/mol. The van der Waals surface area contributed by atoms with Gasteiger partial charge in [-0.1, -0.05) is 27.2 Å². The standard InChI is InChI=1S/C16H29N3S/c1-5-8-14-15(11-17-12-9-10-12)20-16(18-14)19(4)13(6-2)7-3/h12-13,17H,5-11H2,1-4H3. The maximum absolute atomic E-state index is 4.92. The van der Waals surface area contributed by atoms with E-state index in [4.69, 9.17) is 4.98 Å². The lowest BCUT2D eigenvalue weighted by Crippen LogP contribution is -2.30. The fraction of sp³-hybridized carbons (Fsp3) is 0.812. The largest absolute Gasteiger partial charge is 0.348 e. The number of aryl methyl sites for hydroxylation is 1. The molecule has 0 unspecified atom stereocenters. The highest BCUT2D eigenvalue weighted by Crippen LogP contribution is 2.30. The molecule has 0 spiro atoms. The number of nitrogens with one attached hydrogen (secondary N) is 1. The molecule has 0 aliphatic heterocycles. The van der Waals surface area contributed by atoms with Crippen molar-refractivity contribution in [2.45, 2.75) is 77.9 Å². The maximum Gasteiger partial charge on any atom is 0.185 e. The van der Waals surface area contributed by atoms with E-state index in [-0.39, 0.29) is 0 Å². The number of aromatic nitrogens is 1. The summed E-state index contributed by atoms with van der Waals surface area (Å²) in [5.41, 5.74) is 1.32. The predicted molar refractivity (Wildman–Crippen MR) is 88.7 cm³/mol. The average Bonchev–Trinajstić information content (AvgIpc) is 3.19. The van der Waals surface area contributed by atoms with Crippen LogP contribution in [0, 0.1) is 0 Å². The quantitative estimate of drug-likeness (QED) is 0.747. The van der Waals surface area contributed by atoms with Gasteiger partial charge in [-0.05, 0) is 32.1 Å². The van der Waals surface area contributed by atoms with Gasteiger partial charge in [0.15, 0.2) is 5.13 Å². The Bertz CT molecular complexity index is 408. The Balaban J connectivity index is 2.09. The van der Waals surface area contributed by atoms with E-state index in [0.717, 1.165) is 19.0 Å². The zero-order valence-corrected chi connectivity index (χ0v) is 14.2. The van der Waals surface area contributed by atoms with Crippen LogP contribution >= 0.6 is 11.3 Å². The molecule has 1 heterocycles. The van der Waals surface area contributed by atoms with Crippen molar-refractivity contribution < 1.29 is 0 Å². The van der Waals surface area contributed by atoms with Crippen LogP contribution in [-0.4, -0.2) is 24.1 Å². The van der Waals surface area contributed by atoms with Gasteiger partial charge >= 0.3 is 0 Å². The molecule has 1 aliphatic carbocycles. The first-order valence-electron chi connectivity index (χ1n) is 8.14. The molecule has 0 bridgehead atoms. The van der Waals surface area contributed by atoms with E-state index < -0.39 is 0 Å². The van der Waals surface area contributed by atoms with Crippen molar-refractivity contribution in [3.63, 3.8) is 0 Å². The normalized spacial score (nSPS) is 15.1. The van der Waals surface area contributed by atoms with Gasteiger partial charge in [-0.25, -0.2) is 4.98 Å². The molecule has 1 aromatic rings. The highest BCUT2D eigenvalue weighted by Gasteiger charge is 2.22. The van der Waals surface area contributed by atoms with Crippen molar-refractivity contribution in [1.82, 2.24) is 10.3 Å². The van der Waals surface area contributed by atoms with E-state index >= 15 is 0 Å². The second-order valence-electron chi connectivity index (χ2n) is 5.85. The third kappa shape index (κ3) is 3.95. The Hall–Kier alpha value is -0.610. The minimum absolute atomic E-state index is 0.611. The number of nitrogens with zero attached hydrogens (tertiary/aromatic N) is 2. The zero-order chi connectivity index (χ0) is 14.5. The summed E-state index contributed by atoms with van der Waals surface area (Å²) < 4.78 is 0. The van der Waals surface area contributed by atoms with Gasteiger partial charge in [0, 0.05) is 30.6 Å². The second-order valence-corrected chi connectivity index (χ2v) is 6.91. The van der Waals surface area contributed by atoms with Crippen molar-refractivity contribution in [2.75, 3.05) is 11.9 Å². The third-order valence-corrected chi connectivity index (χ3v) is 5.36. The number of thiazole rings is 1. The first kappa shape index (κ1) is 15.8. The predicted octanol–water partition coefficient (Wildman–Crippen LogP) is 3.97. The van der Waals surface area contributed by atoms with Gasteiger partial charge in [-0.2, -0.15) is 0 Å². The molecule has 4 heteroatoms. The molecular formula is C16H29N3S. The summed E-state index contributed by atoms with van der Waals surface area (Å²) in [7, 11) is 2.20. The molecule has 0 aromatic carbocycles. The molecule has 0 amide bonds. The minimum atomic E-state index is 0.611. The summed E-state index contributed by atoms with van der Waals surface area (Å²) in [4.78, 5) is 8.75. The molecule has 3 nitrogen and oxygen atoms in total. The smallest absolute Gasteiger partial charge is 0.185 e. The molecule has 0 saturated heterocycles. The third-order valence-electron chi connectivity index (χ3n) is 4.17. The highest BCUT2D eigenvalue weighted by molar-refractivity contribution is 7.15. The Morgan fingerprint density at radius 1 is 1.30 bits per heavy atom. The van der Waals surface area contributed by atoms with E-state index in [1.54, 1.807) is 0 Å². The summed E-state index contributed by atoms with van der Waals surface area (Å²) in [5.74, 6) is 0. The lowest BCUT2D eigenvalue weighted by molar-refractivity contribution is 0.590. The molecule has 1 fully saturated rings. The molecule has 2 rings (SSSR count). The van der Waals surface area contributed by atoms with Crippen molar-refractivity contribution in [1.29, 1.82) is 0 Å². The summed E-state index contributed by atoms with van der Waals surface area (Å²) in [6.45, 7) is 7.78. The Kier molecular flexibility index (Phi) is 5.85. The summed E-state index contributed by atoms with van der Waals surface area (Å²) >= 11 is 1.89. The topological polar surface area (TPSA) is 28.2 Å². The second kappa shape index (κ2) is 7.41. The van der Waals surface area contributed by atoms with Gasteiger partial charge in [-0.15, -0.1) is 11.3 Å². The number of rotatable bonds is 9.